The van der Waals surface area contributed by atoms with Gasteiger partial charge in [-0.1, -0.05) is 50.6 Å². The lowest BCUT2D eigenvalue weighted by atomic mass is 9.99. The summed E-state index contributed by atoms with van der Waals surface area (Å²) in [5, 5.41) is 2.92. The van der Waals surface area contributed by atoms with Crippen LogP contribution in [-0.4, -0.2) is 35.0 Å². The highest BCUT2D eigenvalue weighted by atomic mass is 16.7. The van der Waals surface area contributed by atoms with Crippen molar-refractivity contribution in [1.29, 1.82) is 0 Å². The van der Waals surface area contributed by atoms with Gasteiger partial charge in [0.2, 0.25) is 0 Å². The first kappa shape index (κ1) is 19.4. The number of carbonyl (C=O) groups is 4. The molecule has 0 unspecified atom stereocenters. The SMILES string of the molecule is CC[C@H](C)[C@H](NC(=O)OCc1ccccc1)C(=O)ON1C(=O)CCC1=O. The molecule has 2 rings (SSSR count). The maximum absolute atomic E-state index is 12.4. The fourth-order valence-corrected chi connectivity index (χ4v) is 2.37. The molecule has 1 aromatic carbocycles. The molecule has 140 valence electrons. The van der Waals surface area contributed by atoms with Crippen molar-refractivity contribution in [3.63, 3.8) is 0 Å². The summed E-state index contributed by atoms with van der Waals surface area (Å²) in [6, 6.07) is 8.06. The van der Waals surface area contributed by atoms with Crippen molar-refractivity contribution in [3.05, 3.63) is 35.9 Å². The van der Waals surface area contributed by atoms with Crippen LogP contribution in [0.4, 0.5) is 4.79 Å². The molecule has 0 bridgehead atoms. The molecule has 1 saturated heterocycles. The predicted octanol–water partition coefficient (Wildman–Crippen LogP) is 1.93. The van der Waals surface area contributed by atoms with E-state index in [0.717, 1.165) is 5.56 Å². The number of nitrogens with one attached hydrogen (secondary N) is 1. The predicted molar refractivity (Wildman–Crippen MR) is 90.2 cm³/mol. The van der Waals surface area contributed by atoms with Crippen LogP contribution in [0.2, 0.25) is 0 Å². The summed E-state index contributed by atoms with van der Waals surface area (Å²) in [6.07, 6.45) is -0.199. The highest BCUT2D eigenvalue weighted by Crippen LogP contribution is 2.16. The third-order valence-corrected chi connectivity index (χ3v) is 4.14. The van der Waals surface area contributed by atoms with Crippen LogP contribution in [0.25, 0.3) is 0 Å². The summed E-state index contributed by atoms with van der Waals surface area (Å²) in [7, 11) is 0. The van der Waals surface area contributed by atoms with Crippen LogP contribution < -0.4 is 5.32 Å². The number of amides is 3. The largest absolute Gasteiger partial charge is 0.445 e. The Kier molecular flexibility index (Phi) is 6.71. The fraction of sp³-hybridized carbons (Fsp3) is 0.444. The molecule has 3 amide bonds. The Morgan fingerprint density at radius 2 is 1.77 bits per heavy atom. The molecule has 1 aliphatic rings. The second-order valence-corrected chi connectivity index (χ2v) is 6.06. The second-order valence-electron chi connectivity index (χ2n) is 6.06. The molecule has 0 radical (unpaired) electrons. The van der Waals surface area contributed by atoms with Crippen molar-refractivity contribution >= 4 is 23.9 Å². The summed E-state index contributed by atoms with van der Waals surface area (Å²) in [5.74, 6) is -2.30. The zero-order valence-corrected chi connectivity index (χ0v) is 14.8. The first-order valence-electron chi connectivity index (χ1n) is 8.47. The van der Waals surface area contributed by atoms with E-state index < -0.39 is 29.9 Å². The van der Waals surface area contributed by atoms with Gasteiger partial charge in [-0.15, -0.1) is 5.06 Å². The molecule has 1 heterocycles. The molecular weight excluding hydrogens is 340 g/mol. The van der Waals surface area contributed by atoms with Crippen molar-refractivity contribution in [2.24, 2.45) is 5.92 Å². The lowest BCUT2D eigenvalue weighted by Crippen LogP contribution is -2.48. The van der Waals surface area contributed by atoms with E-state index in [4.69, 9.17) is 9.57 Å². The highest BCUT2D eigenvalue weighted by Gasteiger charge is 2.36. The number of hydrogen-bond acceptors (Lipinski definition) is 6. The number of carbonyl (C=O) groups excluding carboxylic acids is 4. The first-order chi connectivity index (χ1) is 12.4. The summed E-state index contributed by atoms with van der Waals surface area (Å²) in [4.78, 5) is 52.5. The Balaban J connectivity index is 1.95. The number of nitrogens with zero attached hydrogens (tertiary/aromatic N) is 1. The van der Waals surface area contributed by atoms with E-state index >= 15 is 0 Å². The molecule has 1 fully saturated rings. The minimum atomic E-state index is -1.04. The van der Waals surface area contributed by atoms with Gasteiger partial charge in [0, 0.05) is 12.8 Å². The van der Waals surface area contributed by atoms with Crippen molar-refractivity contribution in [1.82, 2.24) is 10.4 Å². The van der Waals surface area contributed by atoms with Gasteiger partial charge in [0.1, 0.15) is 12.6 Å². The molecule has 0 aliphatic carbocycles. The van der Waals surface area contributed by atoms with Gasteiger partial charge < -0.3 is 14.9 Å². The standard InChI is InChI=1S/C18H22N2O6/c1-3-12(2)16(17(23)26-20-14(21)9-10-15(20)22)19-18(24)25-11-13-7-5-4-6-8-13/h4-8,12,16H,3,9-11H2,1-2H3,(H,19,24)/t12-,16-/m0/s1. The first-order valence-corrected chi connectivity index (χ1v) is 8.47. The van der Waals surface area contributed by atoms with E-state index in [1.165, 1.54) is 0 Å². The molecule has 1 aromatic rings. The quantitative estimate of drug-likeness (QED) is 0.744. The van der Waals surface area contributed by atoms with Crippen LogP contribution in [0.5, 0.6) is 0 Å². The maximum atomic E-state index is 12.4. The Labute approximate surface area is 151 Å². The van der Waals surface area contributed by atoms with Gasteiger partial charge in [-0.2, -0.15) is 0 Å². The maximum Gasteiger partial charge on any atom is 0.408 e. The van der Waals surface area contributed by atoms with E-state index in [9.17, 15) is 19.2 Å². The molecule has 0 aromatic heterocycles. The Bertz CT molecular complexity index is 660. The van der Waals surface area contributed by atoms with Crippen LogP contribution in [0.3, 0.4) is 0 Å². The van der Waals surface area contributed by atoms with Gasteiger partial charge in [-0.05, 0) is 11.5 Å². The molecule has 8 heteroatoms. The Morgan fingerprint density at radius 3 is 2.35 bits per heavy atom. The van der Waals surface area contributed by atoms with E-state index in [2.05, 4.69) is 5.32 Å². The monoisotopic (exact) mass is 362 g/mol. The van der Waals surface area contributed by atoms with Crippen LogP contribution in [0.1, 0.15) is 38.7 Å². The Hall–Kier alpha value is -2.90. The summed E-state index contributed by atoms with van der Waals surface area (Å²) in [6.45, 7) is 3.64. The van der Waals surface area contributed by atoms with Crippen molar-refractivity contribution in [2.45, 2.75) is 45.8 Å². The smallest absolute Gasteiger partial charge is 0.408 e. The van der Waals surface area contributed by atoms with Gasteiger partial charge in [0.05, 0.1) is 0 Å². The van der Waals surface area contributed by atoms with Crippen LogP contribution in [-0.2, 0) is 30.6 Å². The fourth-order valence-electron chi connectivity index (χ4n) is 2.37. The molecule has 0 spiro atoms. The van der Waals surface area contributed by atoms with E-state index in [1.807, 2.05) is 25.1 Å². The van der Waals surface area contributed by atoms with Crippen LogP contribution >= 0.6 is 0 Å². The lowest BCUT2D eigenvalue weighted by Gasteiger charge is -2.23. The van der Waals surface area contributed by atoms with Crippen LogP contribution in [0.15, 0.2) is 30.3 Å². The number of hydrogen-bond donors (Lipinski definition) is 1. The number of rotatable bonds is 7. The minimum Gasteiger partial charge on any atom is -0.445 e. The molecule has 0 saturated carbocycles. The Morgan fingerprint density at radius 1 is 1.15 bits per heavy atom. The molecule has 1 aliphatic heterocycles. The van der Waals surface area contributed by atoms with Gasteiger partial charge in [-0.25, -0.2) is 9.59 Å². The van der Waals surface area contributed by atoms with Crippen LogP contribution in [0, 0.1) is 5.92 Å². The molecular formula is C18H22N2O6. The molecule has 8 nitrogen and oxygen atoms in total. The van der Waals surface area contributed by atoms with Gasteiger partial charge in [0.15, 0.2) is 0 Å². The van der Waals surface area contributed by atoms with E-state index in [0.29, 0.717) is 11.5 Å². The highest BCUT2D eigenvalue weighted by molar-refractivity contribution is 6.01. The van der Waals surface area contributed by atoms with Crippen molar-refractivity contribution < 1.29 is 28.8 Å². The number of hydroxylamine groups is 2. The topological polar surface area (TPSA) is 102 Å². The average molecular weight is 362 g/mol. The molecule has 26 heavy (non-hydrogen) atoms. The zero-order valence-electron chi connectivity index (χ0n) is 14.8. The zero-order chi connectivity index (χ0) is 19.1. The summed E-state index contributed by atoms with van der Waals surface area (Å²) in [5.41, 5.74) is 0.804. The molecule has 1 N–H and O–H groups in total. The number of benzene rings is 1. The second kappa shape index (κ2) is 8.98. The van der Waals surface area contributed by atoms with Crippen molar-refractivity contribution in [3.8, 4) is 0 Å². The third-order valence-electron chi connectivity index (χ3n) is 4.14. The molecule has 2 atom stereocenters. The minimum absolute atomic E-state index is 0.00660. The summed E-state index contributed by atoms with van der Waals surface area (Å²) < 4.78 is 5.11. The van der Waals surface area contributed by atoms with Gasteiger partial charge in [-0.3, -0.25) is 9.59 Å². The van der Waals surface area contributed by atoms with Gasteiger partial charge in [0.25, 0.3) is 11.8 Å². The number of alkyl carbamates (subject to hydrolysis) is 1. The normalized spacial score (nSPS) is 16.2. The average Bonchev–Trinajstić information content (AvgIpc) is 2.96. The summed E-state index contributed by atoms with van der Waals surface area (Å²) >= 11 is 0. The number of ether oxygens (including phenoxy) is 1. The third kappa shape index (κ3) is 5.05. The number of imide groups is 1. The van der Waals surface area contributed by atoms with E-state index in [1.54, 1.807) is 19.1 Å². The van der Waals surface area contributed by atoms with Crippen molar-refractivity contribution in [2.75, 3.05) is 0 Å². The lowest BCUT2D eigenvalue weighted by molar-refractivity contribution is -0.199. The van der Waals surface area contributed by atoms with Gasteiger partial charge >= 0.3 is 12.1 Å². The van der Waals surface area contributed by atoms with E-state index in [-0.39, 0.29) is 25.4 Å².